The molecule has 23 heavy (non-hydrogen) atoms. The molecule has 1 fully saturated rings. The van der Waals surface area contributed by atoms with E-state index in [9.17, 15) is 4.79 Å². The van der Waals surface area contributed by atoms with Crippen LogP contribution in [-0.4, -0.2) is 32.5 Å². The molecule has 1 aliphatic carbocycles. The summed E-state index contributed by atoms with van der Waals surface area (Å²) in [5.74, 6) is 1.66. The third kappa shape index (κ3) is 2.64. The Kier molecular flexibility index (Phi) is 3.63. The van der Waals surface area contributed by atoms with Gasteiger partial charge < -0.3 is 4.90 Å². The Hall–Kier alpha value is -2.17. The van der Waals surface area contributed by atoms with Crippen molar-refractivity contribution < 1.29 is 4.79 Å². The van der Waals surface area contributed by atoms with E-state index in [2.05, 4.69) is 27.3 Å². The normalized spacial score (nSPS) is 20.6. The van der Waals surface area contributed by atoms with Gasteiger partial charge in [-0.15, -0.1) is 0 Å². The van der Waals surface area contributed by atoms with E-state index in [0.717, 1.165) is 49.4 Å². The number of benzene rings is 1. The summed E-state index contributed by atoms with van der Waals surface area (Å²) < 4.78 is 0. The lowest BCUT2D eigenvalue weighted by atomic mass is 9.90. The highest BCUT2D eigenvalue weighted by Crippen LogP contribution is 2.32. The number of likely N-dealkylation sites (tertiary alicyclic amines) is 1. The Bertz CT molecular complexity index is 736. The van der Waals surface area contributed by atoms with Crippen molar-refractivity contribution in [3.63, 3.8) is 0 Å². The summed E-state index contributed by atoms with van der Waals surface area (Å²) in [7, 11) is 0. The molecule has 0 spiro atoms. The van der Waals surface area contributed by atoms with Crippen LogP contribution in [0.15, 0.2) is 18.2 Å². The van der Waals surface area contributed by atoms with Crippen molar-refractivity contribution in [3.05, 3.63) is 46.5 Å². The van der Waals surface area contributed by atoms with E-state index in [-0.39, 0.29) is 11.9 Å². The molecular formula is C18H22N4O. The molecule has 120 valence electrons. The summed E-state index contributed by atoms with van der Waals surface area (Å²) in [6.07, 6.45) is 6.68. The number of carbonyl (C=O) groups is 1. The maximum Gasteiger partial charge on any atom is 0.254 e. The van der Waals surface area contributed by atoms with Crippen molar-refractivity contribution in [2.24, 2.45) is 0 Å². The van der Waals surface area contributed by atoms with Crippen molar-refractivity contribution in [3.8, 4) is 0 Å². The second-order valence-corrected chi connectivity index (χ2v) is 6.63. The highest BCUT2D eigenvalue weighted by Gasteiger charge is 2.33. The van der Waals surface area contributed by atoms with Gasteiger partial charge in [0.05, 0.1) is 6.04 Å². The average molecular weight is 310 g/mol. The number of aryl methyl sites for hydroxylation is 3. The number of hydrogen-bond donors (Lipinski definition) is 1. The molecule has 1 amide bonds. The summed E-state index contributed by atoms with van der Waals surface area (Å²) in [5.41, 5.74) is 3.58. The molecule has 1 unspecified atom stereocenters. The molecule has 2 heterocycles. The molecule has 1 aliphatic heterocycles. The first-order valence-electron chi connectivity index (χ1n) is 8.54. The predicted molar refractivity (Wildman–Crippen MR) is 87.2 cm³/mol. The quantitative estimate of drug-likeness (QED) is 0.927. The van der Waals surface area contributed by atoms with Crippen LogP contribution in [0.2, 0.25) is 0 Å². The molecule has 2 aromatic rings. The van der Waals surface area contributed by atoms with Gasteiger partial charge in [-0.25, -0.2) is 4.98 Å². The zero-order valence-corrected chi connectivity index (χ0v) is 13.5. The van der Waals surface area contributed by atoms with Gasteiger partial charge in [0.15, 0.2) is 5.82 Å². The van der Waals surface area contributed by atoms with Crippen molar-refractivity contribution in [1.82, 2.24) is 20.1 Å². The van der Waals surface area contributed by atoms with Gasteiger partial charge in [-0.2, -0.15) is 5.10 Å². The van der Waals surface area contributed by atoms with E-state index in [1.165, 1.54) is 24.0 Å². The second-order valence-electron chi connectivity index (χ2n) is 6.63. The monoisotopic (exact) mass is 310 g/mol. The summed E-state index contributed by atoms with van der Waals surface area (Å²) in [4.78, 5) is 19.3. The smallest absolute Gasteiger partial charge is 0.254 e. The van der Waals surface area contributed by atoms with Crippen LogP contribution < -0.4 is 0 Å². The lowest BCUT2D eigenvalue weighted by Gasteiger charge is -2.24. The molecule has 0 saturated carbocycles. The topological polar surface area (TPSA) is 61.9 Å². The summed E-state index contributed by atoms with van der Waals surface area (Å²) in [6, 6.07) is 6.24. The van der Waals surface area contributed by atoms with Crippen LogP contribution in [0.25, 0.3) is 0 Å². The van der Waals surface area contributed by atoms with Crippen molar-refractivity contribution >= 4 is 5.91 Å². The number of amides is 1. The zero-order chi connectivity index (χ0) is 15.8. The Morgan fingerprint density at radius 3 is 2.83 bits per heavy atom. The Balaban J connectivity index is 1.60. The first-order valence-corrected chi connectivity index (χ1v) is 8.54. The van der Waals surface area contributed by atoms with E-state index in [4.69, 9.17) is 0 Å². The zero-order valence-electron chi connectivity index (χ0n) is 13.5. The fraction of sp³-hybridized carbons (Fsp3) is 0.500. The highest BCUT2D eigenvalue weighted by atomic mass is 16.2. The third-order valence-electron chi connectivity index (χ3n) is 5.02. The number of aromatic amines is 1. The number of rotatable bonds is 2. The van der Waals surface area contributed by atoms with E-state index < -0.39 is 0 Å². The molecule has 0 bridgehead atoms. The van der Waals surface area contributed by atoms with Gasteiger partial charge in [0.1, 0.15) is 5.82 Å². The predicted octanol–water partition coefficient (Wildman–Crippen LogP) is 2.97. The molecule has 5 heteroatoms. The lowest BCUT2D eigenvalue weighted by molar-refractivity contribution is 0.0730. The van der Waals surface area contributed by atoms with Crippen LogP contribution in [0.5, 0.6) is 0 Å². The standard InChI is InChI=1S/C18H22N4O/c1-12-19-17(21-20-12)16-7-4-10-22(16)18(23)15-9-8-13-5-2-3-6-14(13)11-15/h8-9,11,16H,2-7,10H2,1H3,(H,19,20,21). The van der Waals surface area contributed by atoms with Crippen LogP contribution in [0.1, 0.15) is 64.9 Å². The Labute approximate surface area is 136 Å². The SMILES string of the molecule is Cc1nc(C2CCCN2C(=O)c2ccc3c(c2)CCCC3)n[nH]1. The molecule has 1 saturated heterocycles. The average Bonchev–Trinajstić information content (AvgIpc) is 3.22. The number of hydrogen-bond acceptors (Lipinski definition) is 3. The maximum atomic E-state index is 13.0. The fourth-order valence-corrected chi connectivity index (χ4v) is 3.82. The number of fused-ring (bicyclic) bond motifs is 1. The molecule has 1 aromatic carbocycles. The van der Waals surface area contributed by atoms with Gasteiger partial charge in [-0.05, 0) is 68.7 Å². The molecule has 1 aromatic heterocycles. The second kappa shape index (κ2) is 5.80. The highest BCUT2D eigenvalue weighted by molar-refractivity contribution is 5.95. The number of aromatic nitrogens is 3. The largest absolute Gasteiger partial charge is 0.328 e. The van der Waals surface area contributed by atoms with Crippen molar-refractivity contribution in [2.75, 3.05) is 6.54 Å². The number of carbonyl (C=O) groups excluding carboxylic acids is 1. The van der Waals surface area contributed by atoms with E-state index in [1.54, 1.807) is 0 Å². The van der Waals surface area contributed by atoms with E-state index in [1.807, 2.05) is 17.9 Å². The summed E-state index contributed by atoms with van der Waals surface area (Å²) in [5, 5.41) is 7.15. The number of nitrogens with one attached hydrogen (secondary N) is 1. The van der Waals surface area contributed by atoms with Crippen LogP contribution in [-0.2, 0) is 12.8 Å². The lowest BCUT2D eigenvalue weighted by Crippen LogP contribution is -2.31. The van der Waals surface area contributed by atoms with Crippen LogP contribution in [0, 0.1) is 6.92 Å². The molecule has 0 radical (unpaired) electrons. The first kappa shape index (κ1) is 14.4. The van der Waals surface area contributed by atoms with Gasteiger partial charge in [-0.3, -0.25) is 9.89 Å². The Morgan fingerprint density at radius 1 is 1.22 bits per heavy atom. The van der Waals surface area contributed by atoms with Gasteiger partial charge in [0.2, 0.25) is 0 Å². The van der Waals surface area contributed by atoms with Crippen LogP contribution in [0.3, 0.4) is 0 Å². The van der Waals surface area contributed by atoms with Gasteiger partial charge in [0.25, 0.3) is 5.91 Å². The van der Waals surface area contributed by atoms with Crippen LogP contribution in [0.4, 0.5) is 0 Å². The minimum absolute atomic E-state index is 0.00322. The van der Waals surface area contributed by atoms with Crippen molar-refractivity contribution in [1.29, 1.82) is 0 Å². The van der Waals surface area contributed by atoms with Gasteiger partial charge in [-0.1, -0.05) is 6.07 Å². The molecule has 4 rings (SSSR count). The summed E-state index contributed by atoms with van der Waals surface area (Å²) in [6.45, 7) is 2.68. The minimum atomic E-state index is 0.00322. The third-order valence-corrected chi connectivity index (χ3v) is 5.02. The van der Waals surface area contributed by atoms with Gasteiger partial charge >= 0.3 is 0 Å². The molecule has 1 N–H and O–H groups in total. The van der Waals surface area contributed by atoms with Gasteiger partial charge in [0, 0.05) is 12.1 Å². The first-order chi connectivity index (χ1) is 11.2. The van der Waals surface area contributed by atoms with Crippen LogP contribution >= 0.6 is 0 Å². The number of nitrogens with zero attached hydrogens (tertiary/aromatic N) is 3. The minimum Gasteiger partial charge on any atom is -0.328 e. The molecule has 2 aliphatic rings. The van der Waals surface area contributed by atoms with Crippen molar-refractivity contribution in [2.45, 2.75) is 51.5 Å². The van der Waals surface area contributed by atoms with E-state index in [0.29, 0.717) is 0 Å². The fourth-order valence-electron chi connectivity index (χ4n) is 3.82. The van der Waals surface area contributed by atoms with E-state index >= 15 is 0 Å². The molecule has 5 nitrogen and oxygen atoms in total. The Morgan fingerprint density at radius 2 is 2.04 bits per heavy atom. The molecule has 1 atom stereocenters. The summed E-state index contributed by atoms with van der Waals surface area (Å²) >= 11 is 0. The molecular weight excluding hydrogens is 288 g/mol. The number of H-pyrrole nitrogens is 1. The maximum absolute atomic E-state index is 13.0.